The SMILES string of the molecule is CCCCCOc1ccc(S(=O)(=O)NC[C@@H](C)NCC)cc1.Cl. The zero-order chi connectivity index (χ0) is 16.4. The summed E-state index contributed by atoms with van der Waals surface area (Å²) in [6.07, 6.45) is 3.30. The summed E-state index contributed by atoms with van der Waals surface area (Å²) < 4.78 is 32.5. The highest BCUT2D eigenvalue weighted by atomic mass is 35.5. The van der Waals surface area contributed by atoms with Crippen LogP contribution in [0.4, 0.5) is 0 Å². The first kappa shape index (κ1) is 22.2. The summed E-state index contributed by atoms with van der Waals surface area (Å²) in [6.45, 7) is 7.92. The number of ether oxygens (including phenoxy) is 1. The molecular weight excluding hydrogens is 336 g/mol. The van der Waals surface area contributed by atoms with Crippen LogP contribution in [0, 0.1) is 0 Å². The van der Waals surface area contributed by atoms with Gasteiger partial charge in [0.25, 0.3) is 0 Å². The lowest BCUT2D eigenvalue weighted by Crippen LogP contribution is -2.38. The predicted molar refractivity (Wildman–Crippen MR) is 97.0 cm³/mol. The van der Waals surface area contributed by atoms with E-state index in [2.05, 4.69) is 17.0 Å². The molecule has 2 N–H and O–H groups in total. The highest BCUT2D eigenvalue weighted by Crippen LogP contribution is 2.16. The fourth-order valence-corrected chi connectivity index (χ4v) is 3.13. The Morgan fingerprint density at radius 1 is 1.13 bits per heavy atom. The summed E-state index contributed by atoms with van der Waals surface area (Å²) in [7, 11) is -3.47. The Morgan fingerprint density at radius 2 is 1.78 bits per heavy atom. The number of likely N-dealkylation sites (N-methyl/N-ethyl adjacent to an activating group) is 1. The molecule has 134 valence electrons. The third-order valence-corrected chi connectivity index (χ3v) is 4.72. The fraction of sp³-hybridized carbons (Fsp3) is 0.625. The van der Waals surface area contributed by atoms with Gasteiger partial charge < -0.3 is 10.1 Å². The van der Waals surface area contributed by atoms with E-state index in [-0.39, 0.29) is 23.3 Å². The summed E-state index contributed by atoms with van der Waals surface area (Å²) in [6, 6.07) is 6.66. The molecule has 0 bridgehead atoms. The average Bonchev–Trinajstić information content (AvgIpc) is 2.51. The van der Waals surface area contributed by atoms with E-state index in [1.807, 2.05) is 13.8 Å². The van der Waals surface area contributed by atoms with Crippen LogP contribution in [0.2, 0.25) is 0 Å². The van der Waals surface area contributed by atoms with Gasteiger partial charge >= 0.3 is 0 Å². The lowest BCUT2D eigenvalue weighted by atomic mass is 10.3. The number of benzene rings is 1. The number of unbranched alkanes of at least 4 members (excludes halogenated alkanes) is 2. The molecular formula is C16H29ClN2O3S. The maximum Gasteiger partial charge on any atom is 0.240 e. The Hall–Kier alpha value is -0.820. The number of hydrogen-bond donors (Lipinski definition) is 2. The number of halogens is 1. The van der Waals surface area contributed by atoms with Gasteiger partial charge in [-0.05, 0) is 44.2 Å². The van der Waals surface area contributed by atoms with Gasteiger partial charge in [0.2, 0.25) is 10.0 Å². The summed E-state index contributed by atoms with van der Waals surface area (Å²) >= 11 is 0. The first-order valence-corrected chi connectivity index (χ1v) is 9.43. The second-order valence-corrected chi connectivity index (χ2v) is 7.10. The van der Waals surface area contributed by atoms with E-state index in [9.17, 15) is 8.42 Å². The molecule has 0 saturated heterocycles. The third-order valence-electron chi connectivity index (χ3n) is 3.28. The molecule has 0 heterocycles. The van der Waals surface area contributed by atoms with Crippen LogP contribution in [0.5, 0.6) is 5.75 Å². The van der Waals surface area contributed by atoms with Gasteiger partial charge in [0.05, 0.1) is 11.5 Å². The Bertz CT molecular complexity index is 521. The quantitative estimate of drug-likeness (QED) is 0.592. The molecule has 0 unspecified atom stereocenters. The second-order valence-electron chi connectivity index (χ2n) is 5.34. The first-order valence-electron chi connectivity index (χ1n) is 7.95. The molecule has 0 spiro atoms. The summed E-state index contributed by atoms with van der Waals surface area (Å²) in [5.74, 6) is 0.705. The molecule has 0 radical (unpaired) electrons. The minimum Gasteiger partial charge on any atom is -0.494 e. The van der Waals surface area contributed by atoms with Crippen molar-refractivity contribution in [1.82, 2.24) is 10.0 Å². The van der Waals surface area contributed by atoms with Gasteiger partial charge in [-0.25, -0.2) is 13.1 Å². The Kier molecular flexibility index (Phi) is 11.3. The molecule has 0 fully saturated rings. The van der Waals surface area contributed by atoms with E-state index < -0.39 is 10.0 Å². The van der Waals surface area contributed by atoms with Crippen molar-refractivity contribution < 1.29 is 13.2 Å². The van der Waals surface area contributed by atoms with Gasteiger partial charge in [0, 0.05) is 12.6 Å². The topological polar surface area (TPSA) is 67.4 Å². The second kappa shape index (κ2) is 11.7. The van der Waals surface area contributed by atoms with Gasteiger partial charge in [0.1, 0.15) is 5.75 Å². The van der Waals surface area contributed by atoms with Crippen molar-refractivity contribution >= 4 is 22.4 Å². The van der Waals surface area contributed by atoms with E-state index in [0.29, 0.717) is 18.9 Å². The standard InChI is InChI=1S/C16H28N2O3S.ClH/c1-4-6-7-12-21-15-8-10-16(11-9-15)22(19,20)18-13-14(3)17-5-2;/h8-11,14,17-18H,4-7,12-13H2,1-3H3;1H/t14-;/m1./s1. The third kappa shape index (κ3) is 8.55. The van der Waals surface area contributed by atoms with Gasteiger partial charge in [-0.3, -0.25) is 0 Å². The zero-order valence-electron chi connectivity index (χ0n) is 14.2. The van der Waals surface area contributed by atoms with Crippen molar-refractivity contribution in [3.63, 3.8) is 0 Å². The smallest absolute Gasteiger partial charge is 0.240 e. The van der Waals surface area contributed by atoms with Crippen molar-refractivity contribution in [2.75, 3.05) is 19.7 Å². The Morgan fingerprint density at radius 3 is 2.35 bits per heavy atom. The largest absolute Gasteiger partial charge is 0.494 e. The highest BCUT2D eigenvalue weighted by molar-refractivity contribution is 7.89. The normalized spacial score (nSPS) is 12.5. The number of nitrogens with one attached hydrogen (secondary N) is 2. The molecule has 1 aromatic carbocycles. The lowest BCUT2D eigenvalue weighted by Gasteiger charge is -2.14. The van der Waals surface area contributed by atoms with Crippen LogP contribution in [0.1, 0.15) is 40.0 Å². The lowest BCUT2D eigenvalue weighted by molar-refractivity contribution is 0.306. The molecule has 7 heteroatoms. The molecule has 0 aliphatic rings. The van der Waals surface area contributed by atoms with E-state index in [1.54, 1.807) is 24.3 Å². The van der Waals surface area contributed by atoms with Crippen LogP contribution in [-0.4, -0.2) is 34.2 Å². The van der Waals surface area contributed by atoms with Crippen LogP contribution in [0.25, 0.3) is 0 Å². The van der Waals surface area contributed by atoms with Crippen molar-refractivity contribution in [3.8, 4) is 5.75 Å². The molecule has 0 aliphatic heterocycles. The van der Waals surface area contributed by atoms with E-state index in [4.69, 9.17) is 4.74 Å². The van der Waals surface area contributed by atoms with Crippen LogP contribution in [0.15, 0.2) is 29.2 Å². The van der Waals surface area contributed by atoms with E-state index in [1.165, 1.54) is 0 Å². The summed E-state index contributed by atoms with van der Waals surface area (Å²) in [5.41, 5.74) is 0. The molecule has 1 rings (SSSR count). The number of rotatable bonds is 11. The molecule has 1 atom stereocenters. The molecule has 1 aromatic rings. The molecule has 0 aliphatic carbocycles. The number of hydrogen-bond acceptors (Lipinski definition) is 4. The minimum absolute atomic E-state index is 0. The van der Waals surface area contributed by atoms with Gasteiger partial charge in [-0.1, -0.05) is 26.7 Å². The molecule has 5 nitrogen and oxygen atoms in total. The zero-order valence-corrected chi connectivity index (χ0v) is 15.8. The molecule has 0 amide bonds. The van der Waals surface area contributed by atoms with E-state index >= 15 is 0 Å². The maximum absolute atomic E-state index is 12.2. The van der Waals surface area contributed by atoms with Gasteiger partial charge in [0.15, 0.2) is 0 Å². The number of sulfonamides is 1. The molecule has 0 aromatic heterocycles. The van der Waals surface area contributed by atoms with Gasteiger partial charge in [-0.15, -0.1) is 12.4 Å². The van der Waals surface area contributed by atoms with Crippen molar-refractivity contribution in [3.05, 3.63) is 24.3 Å². The van der Waals surface area contributed by atoms with Crippen molar-refractivity contribution in [2.24, 2.45) is 0 Å². The highest BCUT2D eigenvalue weighted by Gasteiger charge is 2.14. The first-order chi connectivity index (χ1) is 10.5. The van der Waals surface area contributed by atoms with Crippen LogP contribution in [0.3, 0.4) is 0 Å². The minimum atomic E-state index is -3.47. The van der Waals surface area contributed by atoms with Crippen molar-refractivity contribution in [1.29, 1.82) is 0 Å². The predicted octanol–water partition coefficient (Wildman–Crippen LogP) is 2.95. The van der Waals surface area contributed by atoms with Gasteiger partial charge in [-0.2, -0.15) is 0 Å². The van der Waals surface area contributed by atoms with Crippen LogP contribution in [-0.2, 0) is 10.0 Å². The fourth-order valence-electron chi connectivity index (χ4n) is 2.00. The Balaban J connectivity index is 0.00000484. The summed E-state index contributed by atoms with van der Waals surface area (Å²) in [4.78, 5) is 0.261. The van der Waals surface area contributed by atoms with E-state index in [0.717, 1.165) is 25.8 Å². The summed E-state index contributed by atoms with van der Waals surface area (Å²) in [5, 5.41) is 3.17. The average molecular weight is 365 g/mol. The van der Waals surface area contributed by atoms with Crippen LogP contribution < -0.4 is 14.8 Å². The molecule has 0 saturated carbocycles. The van der Waals surface area contributed by atoms with Crippen molar-refractivity contribution in [2.45, 2.75) is 51.0 Å². The van der Waals surface area contributed by atoms with Crippen LogP contribution >= 0.6 is 12.4 Å². The monoisotopic (exact) mass is 364 g/mol. The molecule has 23 heavy (non-hydrogen) atoms. The maximum atomic E-state index is 12.2. The Labute approximate surface area is 146 Å².